The molecule has 0 fully saturated rings. The van der Waals surface area contributed by atoms with E-state index in [0.29, 0.717) is 11.4 Å². The molecule has 0 saturated heterocycles. The van der Waals surface area contributed by atoms with E-state index in [4.69, 9.17) is 9.05 Å². The predicted octanol–water partition coefficient (Wildman–Crippen LogP) is 5.74. The molecule has 0 amide bonds. The molecule has 0 aromatic heterocycles. The second-order valence-electron chi connectivity index (χ2n) is 7.81. The maximum Gasteiger partial charge on any atom is 0.348 e. The van der Waals surface area contributed by atoms with Gasteiger partial charge in [0.05, 0.1) is 0 Å². The molecule has 1 aromatic carbocycles. The first kappa shape index (κ1) is 22.9. The zero-order chi connectivity index (χ0) is 21.8. The monoisotopic (exact) mass is 444 g/mol. The smallest absolute Gasteiger partial charge is 0.348 e. The van der Waals surface area contributed by atoms with E-state index in [1.165, 1.54) is 0 Å². The third-order valence-corrected chi connectivity index (χ3v) is 7.37. The highest BCUT2D eigenvalue weighted by Crippen LogP contribution is 2.39. The Bertz CT molecular complexity index is 875. The fraction of sp³-hybridized carbons (Fsp3) is 0.364. The number of hydrogen-bond donors (Lipinski definition) is 0. The minimum Gasteiger partial charge on any atom is -0.583 e. The number of benzene rings is 1. The van der Waals surface area contributed by atoms with Crippen molar-refractivity contribution in [3.63, 3.8) is 0 Å². The molecule has 6 atom stereocenters. The Morgan fingerprint density at radius 3 is 1.43 bits per heavy atom. The summed E-state index contributed by atoms with van der Waals surface area (Å²) in [5.74, 6) is 0.182. The molecule has 30 heavy (non-hydrogen) atoms. The zero-order valence-electron chi connectivity index (χ0n) is 17.5. The Morgan fingerprint density at radius 2 is 1.10 bits per heavy atom. The van der Waals surface area contributed by atoms with E-state index in [1.54, 1.807) is 24.3 Å². The third kappa shape index (κ3) is 5.67. The predicted molar refractivity (Wildman–Crippen MR) is 118 cm³/mol. The van der Waals surface area contributed by atoms with Gasteiger partial charge in [-0.25, -0.2) is 0 Å². The van der Waals surface area contributed by atoms with Gasteiger partial charge in [-0.1, -0.05) is 50.3 Å². The maximum atomic E-state index is 12.4. The average Bonchev–Trinajstić information content (AvgIpc) is 2.68. The number of hydrogen-bond acceptors (Lipinski definition) is 6. The zero-order valence-corrected chi connectivity index (χ0v) is 19.3. The molecule has 1 aromatic rings. The van der Waals surface area contributed by atoms with Crippen molar-refractivity contribution in [3.8, 4) is 0 Å². The van der Waals surface area contributed by atoms with E-state index in [0.717, 1.165) is 0 Å². The quantitative estimate of drug-likeness (QED) is 0.524. The van der Waals surface area contributed by atoms with Crippen LogP contribution in [-0.2, 0) is 9.05 Å². The molecule has 3 rings (SSSR count). The van der Waals surface area contributed by atoms with Crippen molar-refractivity contribution in [2.75, 3.05) is 0 Å². The Balaban J connectivity index is 1.66. The van der Waals surface area contributed by atoms with Crippen LogP contribution < -0.4 is 9.79 Å². The number of nitrogens with zero attached hydrogens (tertiary/aromatic N) is 2. The molecule has 0 radical (unpaired) electrons. The van der Waals surface area contributed by atoms with E-state index >= 15 is 0 Å². The van der Waals surface area contributed by atoms with Gasteiger partial charge in [0.25, 0.3) is 0 Å². The van der Waals surface area contributed by atoms with E-state index < -0.39 is 27.5 Å². The molecular weight excluding hydrogens is 418 g/mol. The average molecular weight is 444 g/mol. The lowest BCUT2D eigenvalue weighted by Crippen LogP contribution is -2.32. The molecule has 0 spiro atoms. The summed E-state index contributed by atoms with van der Waals surface area (Å²) in [6.45, 7) is 7.78. The van der Waals surface area contributed by atoms with Gasteiger partial charge in [0, 0.05) is 11.8 Å². The van der Waals surface area contributed by atoms with Gasteiger partial charge in [-0.05, 0) is 59.8 Å². The van der Waals surface area contributed by atoms with Crippen molar-refractivity contribution in [2.45, 2.75) is 38.9 Å². The second-order valence-corrected chi connectivity index (χ2v) is 9.52. The highest BCUT2D eigenvalue weighted by Gasteiger charge is 2.35. The Labute approximate surface area is 179 Å². The van der Waals surface area contributed by atoms with Gasteiger partial charge in [-0.15, -0.1) is 0 Å². The molecule has 158 valence electrons. The van der Waals surface area contributed by atoms with Crippen LogP contribution in [0.2, 0.25) is 0 Å². The van der Waals surface area contributed by atoms with E-state index in [-0.39, 0.29) is 11.8 Å². The standard InChI is InChI=1S/C22H26N2O4P2/c1-17-9-5-7-15-21(17,3)27-29(25)23-19-11-13-20(14-12-19)24-30(26)28-22(4)16-8-6-10-18(22)2/h5-18H,1-4H3. The molecule has 0 N–H and O–H groups in total. The van der Waals surface area contributed by atoms with Crippen molar-refractivity contribution in [1.29, 1.82) is 0 Å². The second kappa shape index (κ2) is 9.57. The van der Waals surface area contributed by atoms with Gasteiger partial charge in [0.15, 0.2) is 0 Å². The summed E-state index contributed by atoms with van der Waals surface area (Å²) in [6.07, 6.45) is 15.4. The Kier molecular flexibility index (Phi) is 7.30. The lowest BCUT2D eigenvalue weighted by molar-refractivity contribution is -0.184. The molecule has 2 aliphatic rings. The van der Waals surface area contributed by atoms with E-state index in [1.807, 2.05) is 76.3 Å². The van der Waals surface area contributed by atoms with Gasteiger partial charge in [-0.3, -0.25) is 0 Å². The van der Waals surface area contributed by atoms with Crippen LogP contribution in [0.15, 0.2) is 82.4 Å². The van der Waals surface area contributed by atoms with Gasteiger partial charge in [-0.2, -0.15) is 9.05 Å². The molecule has 0 saturated carbocycles. The lowest BCUT2D eigenvalue weighted by Gasteiger charge is -2.28. The number of rotatable bonds is 6. The van der Waals surface area contributed by atoms with Crippen molar-refractivity contribution in [1.82, 2.24) is 0 Å². The Morgan fingerprint density at radius 1 is 0.733 bits per heavy atom. The van der Waals surface area contributed by atoms with Crippen LogP contribution in [0.3, 0.4) is 0 Å². The number of allylic oxidation sites excluding steroid dienone is 4. The van der Waals surface area contributed by atoms with Crippen LogP contribution in [0, 0.1) is 11.8 Å². The van der Waals surface area contributed by atoms with Gasteiger partial charge in [0.1, 0.15) is 22.6 Å². The molecule has 8 heteroatoms. The van der Waals surface area contributed by atoms with Crippen LogP contribution in [0.1, 0.15) is 27.7 Å². The fourth-order valence-electron chi connectivity index (χ4n) is 3.02. The Hall–Kier alpha value is -1.78. The van der Waals surface area contributed by atoms with Gasteiger partial charge in [0.2, 0.25) is 0 Å². The highest BCUT2D eigenvalue weighted by atomic mass is 31.1. The summed E-state index contributed by atoms with van der Waals surface area (Å²) in [4.78, 5) is 24.8. The minimum atomic E-state index is -2.24. The first-order valence-electron chi connectivity index (χ1n) is 9.78. The summed E-state index contributed by atoms with van der Waals surface area (Å²) < 4.78 is 19.7. The molecule has 0 aliphatic heterocycles. The molecule has 6 nitrogen and oxygen atoms in total. The highest BCUT2D eigenvalue weighted by molar-refractivity contribution is 7.34. The van der Waals surface area contributed by atoms with Crippen LogP contribution in [0.4, 0.5) is 11.4 Å². The summed E-state index contributed by atoms with van der Waals surface area (Å²) in [5, 5.41) is 0. The van der Waals surface area contributed by atoms with Crippen LogP contribution in [0.25, 0.3) is 0 Å². The summed E-state index contributed by atoms with van der Waals surface area (Å²) in [6, 6.07) is 6.65. The van der Waals surface area contributed by atoms with E-state index in [2.05, 4.69) is 9.49 Å². The lowest BCUT2D eigenvalue weighted by atomic mass is 9.87. The topological polar surface area (TPSA) is 89.3 Å². The van der Waals surface area contributed by atoms with Crippen LogP contribution >= 0.6 is 16.3 Å². The van der Waals surface area contributed by atoms with Crippen molar-refractivity contribution in [2.24, 2.45) is 21.3 Å². The van der Waals surface area contributed by atoms with Crippen molar-refractivity contribution < 1.29 is 18.8 Å². The van der Waals surface area contributed by atoms with Gasteiger partial charge < -0.3 is 9.79 Å². The van der Waals surface area contributed by atoms with Gasteiger partial charge >= 0.3 is 16.3 Å². The first-order valence-corrected chi connectivity index (χ1v) is 12.0. The van der Waals surface area contributed by atoms with Crippen molar-refractivity contribution in [3.05, 3.63) is 72.9 Å². The SMILES string of the molecule is CC1C=CC=CC1(C)O[P+]([O-])=Nc1ccc(N=[P+]([O-])OC2(C)C=CC=CC2C)cc1. The molecular formula is C22H26N2O4P2. The fourth-order valence-corrected chi connectivity index (χ4v) is 4.87. The first-order chi connectivity index (χ1) is 14.2. The normalized spacial score (nSPS) is 31.4. The molecule has 0 heterocycles. The largest absolute Gasteiger partial charge is 0.583 e. The van der Waals surface area contributed by atoms with E-state index in [9.17, 15) is 9.79 Å². The molecule has 6 unspecified atom stereocenters. The molecule has 0 bridgehead atoms. The van der Waals surface area contributed by atoms with Crippen LogP contribution in [-0.4, -0.2) is 11.2 Å². The summed E-state index contributed by atoms with van der Waals surface area (Å²) in [5.41, 5.74) is -0.322. The third-order valence-electron chi connectivity index (χ3n) is 5.48. The molecule has 2 aliphatic carbocycles. The summed E-state index contributed by atoms with van der Waals surface area (Å²) in [7, 11) is -4.48. The maximum absolute atomic E-state index is 12.4. The van der Waals surface area contributed by atoms with Crippen molar-refractivity contribution >= 4 is 27.7 Å². The van der Waals surface area contributed by atoms with Crippen LogP contribution in [0.5, 0.6) is 0 Å². The summed E-state index contributed by atoms with van der Waals surface area (Å²) >= 11 is 0. The minimum absolute atomic E-state index is 0.0909.